The fourth-order valence-electron chi connectivity index (χ4n) is 4.98. The second-order valence-corrected chi connectivity index (χ2v) is 9.35. The molecule has 1 heterocycles. The molecule has 0 aromatic heterocycles. The van der Waals surface area contributed by atoms with E-state index < -0.39 is 11.9 Å². The number of phenolic OH excluding ortho intramolecular Hbond substituents is 1. The van der Waals surface area contributed by atoms with Crippen LogP contribution >= 0.6 is 0 Å². The maximum atomic E-state index is 13.7. The van der Waals surface area contributed by atoms with E-state index in [-0.39, 0.29) is 23.6 Å². The maximum Gasteiger partial charge on any atom is 0.337 e. The lowest BCUT2D eigenvalue weighted by Gasteiger charge is -2.37. The smallest absolute Gasteiger partial charge is 0.337 e. The minimum absolute atomic E-state index is 0.0250. The summed E-state index contributed by atoms with van der Waals surface area (Å²) in [6.45, 7) is 5.65. The molecule has 7 nitrogen and oxygen atoms in total. The molecule has 0 saturated heterocycles. The van der Waals surface area contributed by atoms with Crippen molar-refractivity contribution in [3.05, 3.63) is 76.1 Å². The van der Waals surface area contributed by atoms with Crippen molar-refractivity contribution in [1.82, 2.24) is 5.32 Å². The molecule has 0 unspecified atom stereocenters. The highest BCUT2D eigenvalue weighted by Gasteiger charge is 2.41. The fourth-order valence-corrected chi connectivity index (χ4v) is 4.98. The predicted molar refractivity (Wildman–Crippen MR) is 136 cm³/mol. The third-order valence-electron chi connectivity index (χ3n) is 7.04. The van der Waals surface area contributed by atoms with E-state index in [2.05, 4.69) is 5.32 Å². The van der Waals surface area contributed by atoms with Crippen LogP contribution in [0.4, 0.5) is 0 Å². The fraction of sp³-hybridized carbons (Fsp3) is 0.379. The van der Waals surface area contributed by atoms with Gasteiger partial charge >= 0.3 is 5.97 Å². The molecule has 190 valence electrons. The van der Waals surface area contributed by atoms with Crippen LogP contribution in [0.3, 0.4) is 0 Å². The minimum Gasteiger partial charge on any atom is -0.508 e. The molecule has 0 amide bonds. The molecule has 2 aliphatic rings. The number of hydrogen-bond acceptors (Lipinski definition) is 7. The molecule has 3 atom stereocenters. The zero-order valence-electron chi connectivity index (χ0n) is 21.4. The number of carbonyl (C=O) groups is 2. The summed E-state index contributed by atoms with van der Waals surface area (Å²) in [5.41, 5.74) is 4.23. The SMILES string of the molecule is CC[C@@H](C)OC(=O)C1=C(C)NC2=C(C(=O)C[C@H](c3ccc(OC)c(OC)c3)C2)[C@H]1c1ccc(O)cc1. The van der Waals surface area contributed by atoms with Crippen LogP contribution in [-0.2, 0) is 14.3 Å². The Kier molecular flexibility index (Phi) is 7.38. The normalized spacial score (nSPS) is 20.4. The van der Waals surface area contributed by atoms with Crippen molar-refractivity contribution in [2.75, 3.05) is 14.2 Å². The van der Waals surface area contributed by atoms with Crippen LogP contribution in [0.1, 0.15) is 63.0 Å². The Bertz CT molecular complexity index is 1230. The molecule has 1 aliphatic carbocycles. The van der Waals surface area contributed by atoms with Gasteiger partial charge in [0.25, 0.3) is 0 Å². The lowest BCUT2D eigenvalue weighted by Crippen LogP contribution is -2.36. The van der Waals surface area contributed by atoms with E-state index in [0.29, 0.717) is 47.6 Å². The molecule has 2 aromatic carbocycles. The van der Waals surface area contributed by atoms with Crippen LogP contribution in [0.15, 0.2) is 65.0 Å². The first-order valence-electron chi connectivity index (χ1n) is 12.2. The average molecular weight is 492 g/mol. The summed E-state index contributed by atoms with van der Waals surface area (Å²) in [5.74, 6) is 0.288. The van der Waals surface area contributed by atoms with Crippen molar-refractivity contribution in [2.24, 2.45) is 0 Å². The molecule has 4 rings (SSSR count). The molecule has 0 saturated carbocycles. The predicted octanol–water partition coefficient (Wildman–Crippen LogP) is 5.11. The second-order valence-electron chi connectivity index (χ2n) is 9.35. The summed E-state index contributed by atoms with van der Waals surface area (Å²) in [6, 6.07) is 12.4. The topological polar surface area (TPSA) is 94.1 Å². The number of esters is 1. The second kappa shape index (κ2) is 10.5. The Morgan fingerprint density at radius 3 is 2.36 bits per heavy atom. The molecule has 36 heavy (non-hydrogen) atoms. The van der Waals surface area contributed by atoms with Gasteiger partial charge in [0.05, 0.1) is 25.9 Å². The average Bonchev–Trinajstić information content (AvgIpc) is 2.87. The lowest BCUT2D eigenvalue weighted by molar-refractivity contribution is -0.144. The van der Waals surface area contributed by atoms with E-state index in [1.807, 2.05) is 39.0 Å². The number of phenols is 1. The number of benzene rings is 2. The van der Waals surface area contributed by atoms with Crippen molar-refractivity contribution in [1.29, 1.82) is 0 Å². The van der Waals surface area contributed by atoms with Crippen LogP contribution in [0, 0.1) is 0 Å². The van der Waals surface area contributed by atoms with Gasteiger partial charge in [-0.25, -0.2) is 4.79 Å². The van der Waals surface area contributed by atoms with Gasteiger partial charge in [0.1, 0.15) is 5.75 Å². The van der Waals surface area contributed by atoms with Crippen molar-refractivity contribution in [3.8, 4) is 17.2 Å². The van der Waals surface area contributed by atoms with Crippen molar-refractivity contribution < 1.29 is 28.9 Å². The third kappa shape index (κ3) is 4.83. The Morgan fingerprint density at radius 2 is 1.72 bits per heavy atom. The number of rotatable bonds is 7. The van der Waals surface area contributed by atoms with Gasteiger partial charge in [-0.1, -0.05) is 25.1 Å². The number of ketones is 1. The first-order chi connectivity index (χ1) is 17.3. The van der Waals surface area contributed by atoms with Crippen molar-refractivity contribution in [3.63, 3.8) is 0 Å². The Balaban J connectivity index is 1.76. The van der Waals surface area contributed by atoms with E-state index in [4.69, 9.17) is 14.2 Å². The van der Waals surface area contributed by atoms with Gasteiger partial charge in [0, 0.05) is 29.3 Å². The number of Topliss-reactive ketones (excluding diaryl/α,β-unsaturated/α-hetero) is 1. The number of dihydropyridines is 1. The number of ether oxygens (including phenoxy) is 3. The minimum atomic E-state index is -0.572. The summed E-state index contributed by atoms with van der Waals surface area (Å²) in [6.07, 6.45) is 1.35. The number of allylic oxidation sites excluding steroid dienone is 3. The highest BCUT2D eigenvalue weighted by Crippen LogP contribution is 2.46. The molecule has 1 aliphatic heterocycles. The molecule has 7 heteroatoms. The van der Waals surface area contributed by atoms with Crippen molar-refractivity contribution >= 4 is 11.8 Å². The first-order valence-corrected chi connectivity index (χ1v) is 12.2. The summed E-state index contributed by atoms with van der Waals surface area (Å²) >= 11 is 0. The Morgan fingerprint density at radius 1 is 1.06 bits per heavy atom. The van der Waals surface area contributed by atoms with Gasteiger partial charge in [-0.3, -0.25) is 4.79 Å². The van der Waals surface area contributed by atoms with Gasteiger partial charge in [-0.2, -0.15) is 0 Å². The van der Waals surface area contributed by atoms with Crippen LogP contribution in [0.2, 0.25) is 0 Å². The number of hydrogen-bond donors (Lipinski definition) is 2. The summed E-state index contributed by atoms with van der Waals surface area (Å²) < 4.78 is 16.5. The van der Waals surface area contributed by atoms with E-state index in [1.165, 1.54) is 0 Å². The summed E-state index contributed by atoms with van der Waals surface area (Å²) in [7, 11) is 3.18. The van der Waals surface area contributed by atoms with Gasteiger partial charge < -0.3 is 24.6 Å². The van der Waals surface area contributed by atoms with Crippen LogP contribution in [0.25, 0.3) is 0 Å². The zero-order chi connectivity index (χ0) is 26.0. The van der Waals surface area contributed by atoms with E-state index >= 15 is 0 Å². The molecule has 2 N–H and O–H groups in total. The molecule has 0 radical (unpaired) electrons. The number of nitrogens with one attached hydrogen (secondary N) is 1. The lowest BCUT2D eigenvalue weighted by atomic mass is 9.71. The standard InChI is InChI=1S/C29H33NO6/c1-6-16(2)36-29(33)26-17(3)30-22-13-20(19-9-12-24(34-4)25(15-19)35-5)14-23(32)28(22)27(26)18-7-10-21(31)11-8-18/h7-12,15-16,20,27,30-31H,6,13-14H2,1-5H3/t16-,20-,27+/m1/s1. The van der Waals surface area contributed by atoms with E-state index in [1.54, 1.807) is 38.5 Å². The van der Waals surface area contributed by atoms with Gasteiger partial charge in [-0.05, 0) is 68.0 Å². The van der Waals surface area contributed by atoms with E-state index in [0.717, 1.165) is 16.8 Å². The zero-order valence-corrected chi connectivity index (χ0v) is 21.4. The number of aromatic hydroxyl groups is 1. The van der Waals surface area contributed by atoms with Gasteiger partial charge in [0.2, 0.25) is 0 Å². The summed E-state index contributed by atoms with van der Waals surface area (Å²) in [5, 5.41) is 13.2. The highest BCUT2D eigenvalue weighted by atomic mass is 16.5. The number of carbonyl (C=O) groups excluding carboxylic acids is 2. The van der Waals surface area contributed by atoms with Gasteiger partial charge in [0.15, 0.2) is 17.3 Å². The monoisotopic (exact) mass is 491 g/mol. The van der Waals surface area contributed by atoms with Crippen LogP contribution in [-0.4, -0.2) is 37.2 Å². The highest BCUT2D eigenvalue weighted by molar-refractivity contribution is 6.04. The Labute approximate surface area is 211 Å². The van der Waals surface area contributed by atoms with Crippen LogP contribution in [0.5, 0.6) is 17.2 Å². The molecule has 0 fully saturated rings. The quantitative estimate of drug-likeness (QED) is 0.520. The van der Waals surface area contributed by atoms with Crippen LogP contribution < -0.4 is 14.8 Å². The summed E-state index contributed by atoms with van der Waals surface area (Å²) in [4.78, 5) is 27.0. The largest absolute Gasteiger partial charge is 0.508 e. The van der Waals surface area contributed by atoms with Gasteiger partial charge in [-0.15, -0.1) is 0 Å². The Hall–Kier alpha value is -3.74. The molecule has 2 aromatic rings. The molecule has 0 spiro atoms. The molecular weight excluding hydrogens is 458 g/mol. The molecule has 0 bridgehead atoms. The van der Waals surface area contributed by atoms with E-state index in [9.17, 15) is 14.7 Å². The maximum absolute atomic E-state index is 13.7. The van der Waals surface area contributed by atoms with Crippen molar-refractivity contribution in [2.45, 2.75) is 58.0 Å². The number of methoxy groups -OCH3 is 2. The first kappa shape index (κ1) is 25.4. The molecular formula is C29H33NO6. The third-order valence-corrected chi connectivity index (χ3v) is 7.04.